The van der Waals surface area contributed by atoms with Crippen LogP contribution in [-0.4, -0.2) is 22.5 Å². The van der Waals surface area contributed by atoms with Crippen LogP contribution in [-0.2, 0) is 16.0 Å². The quantitative estimate of drug-likeness (QED) is 0.497. The van der Waals surface area contributed by atoms with Gasteiger partial charge in [0.2, 0.25) is 5.69 Å². The second-order valence-electron chi connectivity index (χ2n) is 3.49. The van der Waals surface area contributed by atoms with Gasteiger partial charge in [0.15, 0.2) is 0 Å². The van der Waals surface area contributed by atoms with Gasteiger partial charge in [-0.25, -0.2) is 8.78 Å². The van der Waals surface area contributed by atoms with Crippen LogP contribution < -0.4 is 5.73 Å². The molecule has 0 aliphatic rings. The van der Waals surface area contributed by atoms with Crippen molar-refractivity contribution in [1.82, 2.24) is 4.98 Å². The number of hydrogen-bond acceptors (Lipinski definition) is 6. The Hall–Kier alpha value is -2.32. The molecule has 1 heterocycles. The van der Waals surface area contributed by atoms with Gasteiger partial charge in [0, 0.05) is 5.56 Å². The second kappa shape index (κ2) is 6.03. The first kappa shape index (κ1) is 14.7. The average molecular weight is 275 g/mol. The topological polar surface area (TPSA) is 108 Å². The van der Waals surface area contributed by atoms with Crippen molar-refractivity contribution >= 4 is 17.5 Å². The Bertz CT molecular complexity index is 508. The Morgan fingerprint density at radius 2 is 2.26 bits per heavy atom. The van der Waals surface area contributed by atoms with E-state index in [1.165, 1.54) is 0 Å². The fourth-order valence-electron chi connectivity index (χ4n) is 1.42. The van der Waals surface area contributed by atoms with Crippen molar-refractivity contribution < 1.29 is 23.2 Å². The number of carbonyl (C=O) groups excluding carboxylic acids is 1. The van der Waals surface area contributed by atoms with Gasteiger partial charge in [-0.15, -0.1) is 0 Å². The van der Waals surface area contributed by atoms with Crippen molar-refractivity contribution in [2.24, 2.45) is 0 Å². The average Bonchev–Trinajstić information content (AvgIpc) is 2.28. The summed E-state index contributed by atoms with van der Waals surface area (Å²) in [5.74, 6) is -1.60. The van der Waals surface area contributed by atoms with E-state index in [4.69, 9.17) is 5.73 Å². The van der Waals surface area contributed by atoms with Gasteiger partial charge in [0.05, 0.1) is 13.0 Å². The summed E-state index contributed by atoms with van der Waals surface area (Å²) in [6, 6.07) is 0.948. The molecule has 0 aromatic carbocycles. The fraction of sp³-hybridized carbons (Fsp3) is 0.400. The van der Waals surface area contributed by atoms with Crippen LogP contribution in [0.15, 0.2) is 6.07 Å². The van der Waals surface area contributed by atoms with Crippen molar-refractivity contribution in [3.63, 3.8) is 0 Å². The molecule has 2 N–H and O–H groups in total. The zero-order valence-corrected chi connectivity index (χ0v) is 9.93. The lowest BCUT2D eigenvalue weighted by molar-refractivity contribution is -0.388. The van der Waals surface area contributed by atoms with Crippen LogP contribution in [0.2, 0.25) is 0 Å². The van der Waals surface area contributed by atoms with Crippen molar-refractivity contribution in [2.75, 3.05) is 12.3 Å². The molecule has 0 saturated heterocycles. The first-order valence-corrected chi connectivity index (χ1v) is 5.24. The number of halogens is 2. The molecule has 9 heteroatoms. The Balaban J connectivity index is 3.19. The second-order valence-corrected chi connectivity index (χ2v) is 3.49. The molecule has 0 fully saturated rings. The van der Waals surface area contributed by atoms with Crippen molar-refractivity contribution in [3.8, 4) is 0 Å². The summed E-state index contributed by atoms with van der Waals surface area (Å²) in [4.78, 5) is 24.0. The van der Waals surface area contributed by atoms with Gasteiger partial charge in [-0.3, -0.25) is 4.79 Å². The SMILES string of the molecule is CCOC(=O)Cc1cc(N)c([N+](=O)[O-])nc1C(F)F. The predicted octanol–water partition coefficient (Wildman–Crippen LogP) is 1.62. The lowest BCUT2D eigenvalue weighted by Crippen LogP contribution is -2.12. The normalized spacial score (nSPS) is 10.5. The highest BCUT2D eigenvalue weighted by Gasteiger charge is 2.27. The number of aromatic nitrogens is 1. The number of rotatable bonds is 5. The van der Waals surface area contributed by atoms with E-state index in [0.29, 0.717) is 0 Å². The molecular formula is C10H11F2N3O4. The molecule has 0 radical (unpaired) electrons. The maximum absolute atomic E-state index is 12.8. The number of nitrogens with two attached hydrogens (primary N) is 1. The van der Waals surface area contributed by atoms with Crippen LogP contribution >= 0.6 is 0 Å². The highest BCUT2D eigenvalue weighted by atomic mass is 19.3. The molecule has 1 rings (SSSR count). The van der Waals surface area contributed by atoms with E-state index < -0.39 is 35.3 Å². The number of hydrogen-bond donors (Lipinski definition) is 1. The molecule has 1 aromatic heterocycles. The summed E-state index contributed by atoms with van der Waals surface area (Å²) in [7, 11) is 0. The van der Waals surface area contributed by atoms with Crippen LogP contribution in [0.25, 0.3) is 0 Å². The minimum Gasteiger partial charge on any atom is -0.466 e. The highest BCUT2D eigenvalue weighted by molar-refractivity contribution is 5.74. The van der Waals surface area contributed by atoms with Gasteiger partial charge in [0.25, 0.3) is 0 Å². The summed E-state index contributed by atoms with van der Waals surface area (Å²) in [5, 5.41) is 10.6. The molecule has 0 saturated carbocycles. The summed E-state index contributed by atoms with van der Waals surface area (Å²) in [6.07, 6.45) is -3.52. The molecule has 0 spiro atoms. The summed E-state index contributed by atoms with van der Waals surface area (Å²) in [6.45, 7) is 1.66. The molecule has 7 nitrogen and oxygen atoms in total. The largest absolute Gasteiger partial charge is 0.466 e. The smallest absolute Gasteiger partial charge is 0.387 e. The molecule has 104 valence electrons. The predicted molar refractivity (Wildman–Crippen MR) is 60.6 cm³/mol. The number of nitrogen functional groups attached to an aromatic ring is 1. The van der Waals surface area contributed by atoms with E-state index in [-0.39, 0.29) is 17.9 Å². The number of ether oxygens (including phenoxy) is 1. The molecule has 0 bridgehead atoms. The van der Waals surface area contributed by atoms with E-state index >= 15 is 0 Å². The van der Waals surface area contributed by atoms with Crippen LogP contribution in [0.3, 0.4) is 0 Å². The van der Waals surface area contributed by atoms with Gasteiger partial charge in [0.1, 0.15) is 5.69 Å². The molecule has 0 aliphatic heterocycles. The molecule has 1 aromatic rings. The number of esters is 1. The molecule has 0 amide bonds. The van der Waals surface area contributed by atoms with E-state index in [1.807, 2.05) is 0 Å². The van der Waals surface area contributed by atoms with E-state index in [2.05, 4.69) is 9.72 Å². The van der Waals surface area contributed by atoms with Crippen LogP contribution in [0.4, 0.5) is 20.3 Å². The Kier molecular flexibility index (Phi) is 4.67. The van der Waals surface area contributed by atoms with Gasteiger partial charge in [-0.1, -0.05) is 0 Å². The standard InChI is InChI=1S/C10H11F2N3O4/c1-2-19-7(16)4-5-3-6(13)10(15(17)18)14-8(5)9(11)12/h3,9H,2,4,13H2,1H3. The Morgan fingerprint density at radius 3 is 2.74 bits per heavy atom. The molecule has 0 atom stereocenters. The van der Waals surface area contributed by atoms with E-state index in [0.717, 1.165) is 6.07 Å². The van der Waals surface area contributed by atoms with Crippen molar-refractivity contribution in [3.05, 3.63) is 27.4 Å². The third-order valence-electron chi connectivity index (χ3n) is 2.16. The third kappa shape index (κ3) is 3.57. The van der Waals surface area contributed by atoms with Crippen LogP contribution in [0.1, 0.15) is 24.6 Å². The summed E-state index contributed by atoms with van der Waals surface area (Å²) >= 11 is 0. The van der Waals surface area contributed by atoms with Crippen molar-refractivity contribution in [2.45, 2.75) is 19.8 Å². The maximum atomic E-state index is 12.8. The Labute approximate surface area is 106 Å². The van der Waals surface area contributed by atoms with Gasteiger partial charge in [-0.2, -0.15) is 0 Å². The molecule has 19 heavy (non-hydrogen) atoms. The highest BCUT2D eigenvalue weighted by Crippen LogP contribution is 2.28. The molecule has 0 aliphatic carbocycles. The first-order chi connectivity index (χ1) is 8.86. The monoisotopic (exact) mass is 275 g/mol. The van der Waals surface area contributed by atoms with E-state index in [1.54, 1.807) is 6.92 Å². The minimum absolute atomic E-state index is 0.0960. The lowest BCUT2D eigenvalue weighted by Gasteiger charge is -2.06. The zero-order valence-electron chi connectivity index (χ0n) is 9.93. The van der Waals surface area contributed by atoms with Gasteiger partial charge in [-0.05, 0) is 22.9 Å². The molecule has 0 unspecified atom stereocenters. The number of nitrogens with zero attached hydrogens (tertiary/aromatic N) is 2. The lowest BCUT2D eigenvalue weighted by atomic mass is 10.1. The number of anilines is 1. The number of carbonyl (C=O) groups is 1. The Morgan fingerprint density at radius 1 is 1.63 bits per heavy atom. The van der Waals surface area contributed by atoms with Crippen LogP contribution in [0, 0.1) is 10.1 Å². The summed E-state index contributed by atoms with van der Waals surface area (Å²) in [5.41, 5.74) is 3.94. The number of alkyl halides is 2. The number of pyridine rings is 1. The van der Waals surface area contributed by atoms with Gasteiger partial charge < -0.3 is 20.6 Å². The minimum atomic E-state index is -3.05. The third-order valence-corrected chi connectivity index (χ3v) is 2.16. The molecular weight excluding hydrogens is 264 g/mol. The van der Waals surface area contributed by atoms with E-state index in [9.17, 15) is 23.7 Å². The fourth-order valence-corrected chi connectivity index (χ4v) is 1.42. The van der Waals surface area contributed by atoms with Crippen LogP contribution in [0.5, 0.6) is 0 Å². The van der Waals surface area contributed by atoms with Gasteiger partial charge >= 0.3 is 18.2 Å². The maximum Gasteiger partial charge on any atom is 0.387 e. The zero-order chi connectivity index (χ0) is 14.6. The van der Waals surface area contributed by atoms with Crippen molar-refractivity contribution in [1.29, 1.82) is 0 Å². The number of nitro groups is 1. The first-order valence-electron chi connectivity index (χ1n) is 5.24. The summed E-state index contributed by atoms with van der Waals surface area (Å²) < 4.78 is 30.1.